The lowest BCUT2D eigenvalue weighted by Crippen LogP contribution is -2.56. The van der Waals surface area contributed by atoms with E-state index < -0.39 is 16.5 Å². The minimum Gasteiger partial charge on any atom is -0.726 e. The van der Waals surface area contributed by atoms with Gasteiger partial charge in [-0.05, 0) is 54.3 Å². The molecule has 0 aliphatic heterocycles. The van der Waals surface area contributed by atoms with Gasteiger partial charge in [-0.25, -0.2) is 8.42 Å². The fourth-order valence-electron chi connectivity index (χ4n) is 6.12. The maximum atomic E-state index is 11.1. The maximum Gasteiger partial charge on any atom is 0.217 e. The van der Waals surface area contributed by atoms with E-state index in [1.165, 1.54) is 5.57 Å². The molecule has 1 N–H and O–H groups in total. The Labute approximate surface area is 185 Å². The predicted molar refractivity (Wildman–Crippen MR) is 115 cm³/mol. The van der Waals surface area contributed by atoms with Gasteiger partial charge in [0, 0.05) is 15.6 Å². The van der Waals surface area contributed by atoms with Crippen LogP contribution in [0.4, 0.5) is 0 Å². The summed E-state index contributed by atoms with van der Waals surface area (Å²) in [6.07, 6.45) is 6.40. The molecule has 0 bridgehead atoms. The smallest absolute Gasteiger partial charge is 0.217 e. The molecule has 5 nitrogen and oxygen atoms in total. The number of aliphatic hydroxyl groups excluding tert-OH is 1. The first-order valence-electron chi connectivity index (χ1n) is 9.98. The molecule has 2 fully saturated rings. The van der Waals surface area contributed by atoms with Crippen molar-refractivity contribution in [1.82, 2.24) is 0 Å². The third-order valence-electron chi connectivity index (χ3n) is 7.98. The number of alkyl halides is 2. The molecule has 162 valence electrons. The molecule has 8 heteroatoms. The molecule has 3 aliphatic carbocycles. The zero-order valence-corrected chi connectivity index (χ0v) is 20.9. The van der Waals surface area contributed by atoms with Crippen molar-refractivity contribution in [2.45, 2.75) is 75.6 Å². The van der Waals surface area contributed by atoms with E-state index in [0.717, 1.165) is 32.1 Å². The molecule has 0 aromatic heterocycles. The van der Waals surface area contributed by atoms with Gasteiger partial charge in [0.1, 0.15) is 0 Å². The van der Waals surface area contributed by atoms with E-state index in [-0.39, 0.29) is 33.6 Å². The second-order valence-electron chi connectivity index (χ2n) is 10.1. The number of allylic oxidation sites excluding steroid dienone is 1. The van der Waals surface area contributed by atoms with Gasteiger partial charge in [0.2, 0.25) is 10.4 Å². The summed E-state index contributed by atoms with van der Waals surface area (Å²) in [5.41, 5.74) is 1.27. The minimum atomic E-state index is -4.71. The van der Waals surface area contributed by atoms with Crippen LogP contribution in [0.1, 0.15) is 59.8 Å². The average Bonchev–Trinajstić information content (AvgIpc) is 2.58. The number of halogens is 2. The fourth-order valence-corrected chi connectivity index (χ4v) is 7.65. The van der Waals surface area contributed by atoms with Gasteiger partial charge in [-0.15, -0.1) is 0 Å². The highest BCUT2D eigenvalue weighted by Crippen LogP contribution is 2.65. The van der Waals surface area contributed by atoms with Crippen LogP contribution >= 0.6 is 31.9 Å². The van der Waals surface area contributed by atoms with Crippen LogP contribution in [0.5, 0.6) is 0 Å². The van der Waals surface area contributed by atoms with Crippen molar-refractivity contribution >= 4 is 42.3 Å². The molecule has 0 unspecified atom stereocenters. The Bertz CT molecular complexity index is 752. The number of aliphatic hydroxyl groups is 1. The SMILES string of the molecule is CC1(C)[C@H](Br)CC[C@@]2(C)C3=CC[C@](C)([C@@H](Br)COS(=O)(=O)[O-])C[C@H]3[C@H](O)C[C@H]12. The van der Waals surface area contributed by atoms with E-state index in [1.54, 1.807) is 0 Å². The number of fused-ring (bicyclic) bond motifs is 3. The predicted octanol–water partition coefficient (Wildman–Crippen LogP) is 4.54. The molecular formula is C20H31Br2O5S-. The van der Waals surface area contributed by atoms with Crippen LogP contribution in [-0.2, 0) is 14.6 Å². The van der Waals surface area contributed by atoms with Gasteiger partial charge < -0.3 is 9.66 Å². The van der Waals surface area contributed by atoms with Crippen LogP contribution in [0.3, 0.4) is 0 Å². The first-order valence-corrected chi connectivity index (χ1v) is 13.1. The van der Waals surface area contributed by atoms with E-state index in [2.05, 4.69) is 69.8 Å². The number of rotatable bonds is 4. The summed E-state index contributed by atoms with van der Waals surface area (Å²) in [6.45, 7) is 8.87. The molecule has 0 spiro atoms. The van der Waals surface area contributed by atoms with Gasteiger partial charge in [0.25, 0.3) is 0 Å². The third-order valence-corrected chi connectivity index (χ3v) is 11.4. The van der Waals surface area contributed by atoms with Gasteiger partial charge in [-0.3, -0.25) is 4.18 Å². The highest BCUT2D eigenvalue weighted by molar-refractivity contribution is 9.09. The van der Waals surface area contributed by atoms with Crippen LogP contribution in [0.2, 0.25) is 0 Å². The average molecular weight is 543 g/mol. The summed E-state index contributed by atoms with van der Waals surface area (Å²) >= 11 is 7.43. The monoisotopic (exact) mass is 541 g/mol. The van der Waals surface area contributed by atoms with Crippen molar-refractivity contribution in [3.05, 3.63) is 11.6 Å². The minimum absolute atomic E-state index is 0.0617. The van der Waals surface area contributed by atoms with Crippen LogP contribution in [0, 0.1) is 28.1 Å². The summed E-state index contributed by atoms with van der Waals surface area (Å²) in [7, 11) is -4.71. The highest BCUT2D eigenvalue weighted by atomic mass is 79.9. The van der Waals surface area contributed by atoms with E-state index >= 15 is 0 Å². The Morgan fingerprint density at radius 1 is 1.36 bits per heavy atom. The molecular weight excluding hydrogens is 512 g/mol. The molecule has 0 heterocycles. The van der Waals surface area contributed by atoms with Gasteiger partial charge >= 0.3 is 0 Å². The summed E-state index contributed by atoms with van der Waals surface area (Å²) < 4.78 is 37.0. The third kappa shape index (κ3) is 4.03. The van der Waals surface area contributed by atoms with Crippen molar-refractivity contribution in [2.24, 2.45) is 28.1 Å². The van der Waals surface area contributed by atoms with E-state index in [0.29, 0.717) is 10.7 Å². The van der Waals surface area contributed by atoms with Crippen LogP contribution < -0.4 is 0 Å². The molecule has 3 aliphatic rings. The van der Waals surface area contributed by atoms with Crippen LogP contribution in [0.25, 0.3) is 0 Å². The van der Waals surface area contributed by atoms with Gasteiger partial charge in [0.15, 0.2) is 0 Å². The Kier molecular flexibility index (Phi) is 6.29. The molecule has 0 aromatic rings. The lowest BCUT2D eigenvalue weighted by molar-refractivity contribution is -0.0692. The quantitative estimate of drug-likeness (QED) is 0.244. The van der Waals surface area contributed by atoms with E-state index in [1.807, 2.05) is 0 Å². The number of hydrogen-bond acceptors (Lipinski definition) is 5. The summed E-state index contributed by atoms with van der Waals surface area (Å²) in [5.74, 6) is 0.472. The first-order chi connectivity index (χ1) is 12.7. The Balaban J connectivity index is 1.88. The second kappa shape index (κ2) is 7.59. The van der Waals surface area contributed by atoms with Crippen molar-refractivity contribution < 1.29 is 22.3 Å². The zero-order valence-electron chi connectivity index (χ0n) is 17.0. The van der Waals surface area contributed by atoms with Gasteiger partial charge in [-0.1, -0.05) is 71.2 Å². The second-order valence-corrected chi connectivity index (χ2v) is 13.4. The molecule has 28 heavy (non-hydrogen) atoms. The summed E-state index contributed by atoms with van der Waals surface area (Å²) in [6, 6.07) is 0. The molecule has 0 saturated heterocycles. The van der Waals surface area contributed by atoms with Crippen LogP contribution in [-0.4, -0.2) is 40.4 Å². The van der Waals surface area contributed by atoms with Gasteiger partial charge in [0.05, 0.1) is 12.7 Å². The Morgan fingerprint density at radius 2 is 2.00 bits per heavy atom. The summed E-state index contributed by atoms with van der Waals surface area (Å²) in [5, 5.41) is 11.1. The van der Waals surface area contributed by atoms with Crippen molar-refractivity contribution in [2.75, 3.05) is 6.61 Å². The molecule has 0 radical (unpaired) electrons. The maximum absolute atomic E-state index is 11.1. The standard InChI is InChI=1S/C20H32Br2O5S/c1-18(2)15-9-14(23)12-10-19(3,17(22)11-27-28(24,25)26)7-5-13(12)20(15,4)8-6-16(18)21/h5,12,14-17,23H,6-11H2,1-4H3,(H,24,25,26)/p-1/t12-,14-,15-,16-,17+,19+,20+/m1/s1. The topological polar surface area (TPSA) is 86.7 Å². The normalized spacial score (nSPS) is 44.2. The number of hydrogen-bond donors (Lipinski definition) is 1. The molecule has 0 amide bonds. The largest absolute Gasteiger partial charge is 0.726 e. The summed E-state index contributed by atoms with van der Waals surface area (Å²) in [4.78, 5) is 0.170. The molecule has 2 saturated carbocycles. The van der Waals surface area contributed by atoms with Crippen molar-refractivity contribution in [3.8, 4) is 0 Å². The van der Waals surface area contributed by atoms with E-state index in [4.69, 9.17) is 0 Å². The van der Waals surface area contributed by atoms with E-state index in [9.17, 15) is 18.1 Å². The molecule has 7 atom stereocenters. The molecule has 0 aromatic carbocycles. The fraction of sp³-hybridized carbons (Fsp3) is 0.900. The first kappa shape index (κ1) is 23.2. The molecule has 3 rings (SSSR count). The zero-order chi connectivity index (χ0) is 21.1. The van der Waals surface area contributed by atoms with Crippen LogP contribution in [0.15, 0.2) is 11.6 Å². The Hall–Kier alpha value is 0.530. The Morgan fingerprint density at radius 3 is 2.61 bits per heavy atom. The van der Waals surface area contributed by atoms with Crippen molar-refractivity contribution in [1.29, 1.82) is 0 Å². The van der Waals surface area contributed by atoms with Gasteiger partial charge in [-0.2, -0.15) is 0 Å². The van der Waals surface area contributed by atoms with Crippen molar-refractivity contribution in [3.63, 3.8) is 0 Å². The lowest BCUT2D eigenvalue weighted by Gasteiger charge is -2.61. The lowest BCUT2D eigenvalue weighted by atomic mass is 9.45. The highest BCUT2D eigenvalue weighted by Gasteiger charge is 2.58.